The molecule has 1 aromatic rings. The molecule has 0 aromatic heterocycles. The normalized spacial score (nSPS) is 26.8. The molecule has 118 valence electrons. The summed E-state index contributed by atoms with van der Waals surface area (Å²) in [7, 11) is -4.17. The van der Waals surface area contributed by atoms with E-state index in [0.29, 0.717) is 30.3 Å². The fourth-order valence-corrected chi connectivity index (χ4v) is 4.58. The van der Waals surface area contributed by atoms with Crippen LogP contribution < -0.4 is 5.32 Å². The molecule has 1 aromatic carbocycles. The zero-order valence-corrected chi connectivity index (χ0v) is 13.9. The van der Waals surface area contributed by atoms with Crippen LogP contribution in [0.15, 0.2) is 24.3 Å². The Morgan fingerprint density at radius 2 is 2.05 bits per heavy atom. The van der Waals surface area contributed by atoms with Crippen LogP contribution in [0.2, 0.25) is 5.02 Å². The Hall–Kier alpha value is -0.380. The third kappa shape index (κ3) is 4.30. The molecule has 1 aliphatic carbocycles. The van der Waals surface area contributed by atoms with Gasteiger partial charge in [-0.3, -0.25) is 4.57 Å². The Morgan fingerprint density at radius 3 is 2.62 bits per heavy atom. The summed E-state index contributed by atoms with van der Waals surface area (Å²) in [6.07, 6.45) is 3.72. The Balaban J connectivity index is 2.00. The van der Waals surface area contributed by atoms with Gasteiger partial charge in [-0.2, -0.15) is 0 Å². The fraction of sp³-hybridized carbons (Fsp3) is 0.600. The monoisotopic (exact) mass is 331 g/mol. The molecule has 0 aliphatic heterocycles. The molecule has 6 heteroatoms. The molecule has 4 nitrogen and oxygen atoms in total. The van der Waals surface area contributed by atoms with Gasteiger partial charge < -0.3 is 15.1 Å². The maximum Gasteiger partial charge on any atom is 0.345 e. The van der Waals surface area contributed by atoms with Gasteiger partial charge in [0.2, 0.25) is 0 Å². The summed E-state index contributed by atoms with van der Waals surface area (Å²) >= 11 is 5.85. The molecule has 21 heavy (non-hydrogen) atoms. The Bertz CT molecular complexity index is 516. The van der Waals surface area contributed by atoms with E-state index in [9.17, 15) is 14.4 Å². The SMILES string of the molecule is CC1CCCC(NCCc2ccc(Cl)cc2)(P(=O)(O)O)C1. The van der Waals surface area contributed by atoms with Gasteiger partial charge >= 0.3 is 7.60 Å². The molecule has 1 fully saturated rings. The summed E-state index contributed by atoms with van der Waals surface area (Å²) in [5.41, 5.74) is 1.11. The van der Waals surface area contributed by atoms with Crippen LogP contribution in [-0.4, -0.2) is 21.6 Å². The largest absolute Gasteiger partial charge is 0.345 e. The highest BCUT2D eigenvalue weighted by atomic mass is 35.5. The van der Waals surface area contributed by atoms with Gasteiger partial charge in [0.05, 0.1) is 0 Å². The first-order valence-electron chi connectivity index (χ1n) is 7.37. The van der Waals surface area contributed by atoms with E-state index < -0.39 is 12.9 Å². The summed E-state index contributed by atoms with van der Waals surface area (Å²) in [6.45, 7) is 2.61. The van der Waals surface area contributed by atoms with Crippen LogP contribution in [0.3, 0.4) is 0 Å². The molecule has 1 saturated carbocycles. The van der Waals surface area contributed by atoms with Crippen molar-refractivity contribution in [1.29, 1.82) is 0 Å². The van der Waals surface area contributed by atoms with Gasteiger partial charge in [0.25, 0.3) is 0 Å². The van der Waals surface area contributed by atoms with Crippen LogP contribution in [0.5, 0.6) is 0 Å². The van der Waals surface area contributed by atoms with Crippen LogP contribution >= 0.6 is 19.2 Å². The van der Waals surface area contributed by atoms with Crippen LogP contribution in [0.1, 0.15) is 38.2 Å². The topological polar surface area (TPSA) is 69.6 Å². The second kappa shape index (κ2) is 6.80. The minimum atomic E-state index is -4.17. The lowest BCUT2D eigenvalue weighted by Gasteiger charge is -2.41. The molecular formula is C15H23ClNO3P. The van der Waals surface area contributed by atoms with Crippen molar-refractivity contribution in [1.82, 2.24) is 5.32 Å². The summed E-state index contributed by atoms with van der Waals surface area (Å²) in [5, 5.41) is 2.82. The van der Waals surface area contributed by atoms with Crippen molar-refractivity contribution in [3.8, 4) is 0 Å². The van der Waals surface area contributed by atoms with Crippen LogP contribution in [0, 0.1) is 5.92 Å². The lowest BCUT2D eigenvalue weighted by Crippen LogP contribution is -2.48. The maximum atomic E-state index is 12.0. The summed E-state index contributed by atoms with van der Waals surface area (Å²) < 4.78 is 12.0. The molecule has 0 saturated heterocycles. The third-order valence-electron chi connectivity index (χ3n) is 4.31. The van der Waals surface area contributed by atoms with E-state index >= 15 is 0 Å². The van der Waals surface area contributed by atoms with Gasteiger partial charge in [0.1, 0.15) is 5.28 Å². The van der Waals surface area contributed by atoms with Gasteiger partial charge in [-0.05, 0) is 42.9 Å². The molecule has 1 aliphatic rings. The van der Waals surface area contributed by atoms with E-state index in [0.717, 1.165) is 24.8 Å². The minimum Gasteiger partial charge on any atom is -0.323 e. The van der Waals surface area contributed by atoms with Crippen molar-refractivity contribution in [2.24, 2.45) is 5.92 Å². The zero-order chi connectivity index (χ0) is 15.5. The molecular weight excluding hydrogens is 309 g/mol. The van der Waals surface area contributed by atoms with Crippen molar-refractivity contribution in [3.05, 3.63) is 34.9 Å². The molecule has 0 radical (unpaired) electrons. The molecule has 0 amide bonds. The van der Waals surface area contributed by atoms with Crippen molar-refractivity contribution >= 4 is 19.2 Å². The maximum absolute atomic E-state index is 12.0. The number of rotatable bonds is 5. The first-order chi connectivity index (χ1) is 9.82. The lowest BCUT2D eigenvalue weighted by molar-refractivity contribution is 0.212. The average molecular weight is 332 g/mol. The van der Waals surface area contributed by atoms with Crippen molar-refractivity contribution in [3.63, 3.8) is 0 Å². The molecule has 0 spiro atoms. The number of halogens is 1. The van der Waals surface area contributed by atoms with Crippen LogP contribution in [0.25, 0.3) is 0 Å². The first kappa shape index (κ1) is 17.0. The Morgan fingerprint density at radius 1 is 1.38 bits per heavy atom. The van der Waals surface area contributed by atoms with E-state index in [2.05, 4.69) is 12.2 Å². The van der Waals surface area contributed by atoms with Gasteiger partial charge in [-0.15, -0.1) is 0 Å². The molecule has 2 unspecified atom stereocenters. The van der Waals surface area contributed by atoms with E-state index in [1.165, 1.54) is 0 Å². The quantitative estimate of drug-likeness (QED) is 0.722. The highest BCUT2D eigenvalue weighted by Gasteiger charge is 2.48. The van der Waals surface area contributed by atoms with Crippen molar-refractivity contribution in [2.45, 2.75) is 44.3 Å². The van der Waals surface area contributed by atoms with Crippen molar-refractivity contribution in [2.75, 3.05) is 6.54 Å². The Labute approximate surface area is 131 Å². The summed E-state index contributed by atoms with van der Waals surface area (Å²) in [5.74, 6) is 0.342. The summed E-state index contributed by atoms with van der Waals surface area (Å²) in [4.78, 5) is 19.6. The number of nitrogens with one attached hydrogen (secondary N) is 1. The van der Waals surface area contributed by atoms with E-state index in [4.69, 9.17) is 11.6 Å². The molecule has 0 bridgehead atoms. The molecule has 3 N–H and O–H groups in total. The van der Waals surface area contributed by atoms with Gasteiger partial charge in [-0.1, -0.05) is 43.5 Å². The smallest absolute Gasteiger partial charge is 0.323 e. The molecule has 0 heterocycles. The second-order valence-corrected chi connectivity index (χ2v) is 8.46. The zero-order valence-electron chi connectivity index (χ0n) is 12.3. The predicted octanol–water partition coefficient (Wildman–Crippen LogP) is 3.56. The van der Waals surface area contributed by atoms with E-state index in [1.807, 2.05) is 24.3 Å². The fourth-order valence-electron chi connectivity index (χ4n) is 3.14. The van der Waals surface area contributed by atoms with Gasteiger partial charge in [-0.25, -0.2) is 0 Å². The van der Waals surface area contributed by atoms with Crippen LogP contribution in [-0.2, 0) is 11.0 Å². The number of hydrogen-bond acceptors (Lipinski definition) is 2. The molecule has 2 rings (SSSR count). The number of hydrogen-bond donors (Lipinski definition) is 3. The average Bonchev–Trinajstić information content (AvgIpc) is 2.40. The standard InChI is InChI=1S/C15H23ClNO3P/c1-12-3-2-9-15(11-12,21(18,19)20)17-10-8-13-4-6-14(16)7-5-13/h4-7,12,17H,2-3,8-11H2,1H3,(H2,18,19,20). The van der Waals surface area contributed by atoms with Gasteiger partial charge in [0.15, 0.2) is 0 Å². The minimum absolute atomic E-state index is 0.342. The predicted molar refractivity (Wildman–Crippen MR) is 85.6 cm³/mol. The van der Waals surface area contributed by atoms with Crippen LogP contribution in [0.4, 0.5) is 0 Å². The number of benzene rings is 1. The second-order valence-electron chi connectivity index (χ2n) is 6.08. The van der Waals surface area contributed by atoms with Crippen molar-refractivity contribution < 1.29 is 14.4 Å². The molecule has 2 atom stereocenters. The highest BCUT2D eigenvalue weighted by molar-refractivity contribution is 7.53. The third-order valence-corrected chi connectivity index (χ3v) is 6.24. The van der Waals surface area contributed by atoms with E-state index in [1.54, 1.807) is 0 Å². The van der Waals surface area contributed by atoms with Gasteiger partial charge in [0, 0.05) is 11.6 Å². The highest BCUT2D eigenvalue weighted by Crippen LogP contribution is 2.56. The summed E-state index contributed by atoms with van der Waals surface area (Å²) in [6, 6.07) is 7.55. The first-order valence-corrected chi connectivity index (χ1v) is 9.36. The lowest BCUT2D eigenvalue weighted by atomic mass is 9.86. The Kier molecular flexibility index (Phi) is 5.50. The van der Waals surface area contributed by atoms with E-state index in [-0.39, 0.29) is 0 Å².